The standard InChI is InChI=1S/C31H41N3O3/c1-3-4-5-8-19-37-25-13-9-12-24(20-25)22(2)32-31(36)34-17-10-15-27-29(34)21-28-26-14-7-6-11-23(26)16-18-33(28)30(27)35/h6-7,9,11-14,20,22,27-29H,3-5,8,10,15-19,21H2,1-2H3,(H,32,36)/t22-,27+,28+,29+/m1/s1. The van der Waals surface area contributed by atoms with Gasteiger partial charge in [-0.25, -0.2) is 4.79 Å². The molecule has 0 saturated carbocycles. The first-order valence-electron chi connectivity index (χ1n) is 14.2. The van der Waals surface area contributed by atoms with Crippen LogP contribution in [0.25, 0.3) is 0 Å². The molecule has 5 rings (SSSR count). The Morgan fingerprint density at radius 2 is 1.97 bits per heavy atom. The van der Waals surface area contributed by atoms with Crippen LogP contribution in [0, 0.1) is 5.92 Å². The molecule has 3 amide bonds. The van der Waals surface area contributed by atoms with Gasteiger partial charge in [0.2, 0.25) is 5.91 Å². The van der Waals surface area contributed by atoms with Crippen molar-refractivity contribution in [3.63, 3.8) is 0 Å². The van der Waals surface area contributed by atoms with Crippen molar-refractivity contribution >= 4 is 11.9 Å². The van der Waals surface area contributed by atoms with Gasteiger partial charge in [0, 0.05) is 19.1 Å². The SMILES string of the molecule is CCCCCCOc1cccc([C@@H](C)NC(=O)N2CCC[C@@H]3C(=O)N4CCc5ccccc5[C@@H]4C[C@@H]32)c1. The number of hydrogen-bond acceptors (Lipinski definition) is 3. The van der Waals surface area contributed by atoms with Gasteiger partial charge in [0.05, 0.1) is 24.6 Å². The molecular formula is C31H41N3O3. The molecule has 6 nitrogen and oxygen atoms in total. The zero-order valence-corrected chi connectivity index (χ0v) is 22.3. The molecule has 2 saturated heterocycles. The van der Waals surface area contributed by atoms with Crippen LogP contribution in [0.2, 0.25) is 0 Å². The highest BCUT2D eigenvalue weighted by Crippen LogP contribution is 2.43. The summed E-state index contributed by atoms with van der Waals surface area (Å²) in [7, 11) is 0. The molecule has 198 valence electrons. The molecule has 0 unspecified atom stereocenters. The summed E-state index contributed by atoms with van der Waals surface area (Å²) < 4.78 is 5.96. The highest BCUT2D eigenvalue weighted by molar-refractivity contribution is 5.83. The molecule has 2 fully saturated rings. The summed E-state index contributed by atoms with van der Waals surface area (Å²) >= 11 is 0. The molecule has 0 radical (unpaired) electrons. The number of urea groups is 1. The number of likely N-dealkylation sites (tertiary alicyclic amines) is 1. The summed E-state index contributed by atoms with van der Waals surface area (Å²) in [6, 6.07) is 16.3. The van der Waals surface area contributed by atoms with Crippen molar-refractivity contribution in [2.75, 3.05) is 19.7 Å². The van der Waals surface area contributed by atoms with Gasteiger partial charge < -0.3 is 19.9 Å². The Morgan fingerprint density at radius 3 is 2.84 bits per heavy atom. The van der Waals surface area contributed by atoms with E-state index >= 15 is 0 Å². The van der Waals surface area contributed by atoms with Crippen molar-refractivity contribution in [1.82, 2.24) is 15.1 Å². The minimum atomic E-state index is -0.150. The Labute approximate surface area is 221 Å². The molecule has 0 aliphatic carbocycles. The van der Waals surface area contributed by atoms with Crippen molar-refractivity contribution in [2.24, 2.45) is 5.92 Å². The summed E-state index contributed by atoms with van der Waals surface area (Å²) in [6.07, 6.45) is 8.16. The summed E-state index contributed by atoms with van der Waals surface area (Å²) in [4.78, 5) is 31.2. The summed E-state index contributed by atoms with van der Waals surface area (Å²) in [5.41, 5.74) is 3.62. The lowest BCUT2D eigenvalue weighted by Crippen LogP contribution is -2.61. The largest absolute Gasteiger partial charge is 0.494 e. The average Bonchev–Trinajstić information content (AvgIpc) is 2.93. The molecule has 2 aromatic carbocycles. The molecule has 0 bridgehead atoms. The maximum atomic E-state index is 13.6. The summed E-state index contributed by atoms with van der Waals surface area (Å²) in [6.45, 7) is 6.42. The highest BCUT2D eigenvalue weighted by Gasteiger charge is 2.48. The molecule has 0 spiro atoms. The molecule has 3 heterocycles. The second kappa shape index (κ2) is 11.6. The number of carbonyl (C=O) groups excluding carboxylic acids is 2. The summed E-state index contributed by atoms with van der Waals surface area (Å²) in [5, 5.41) is 3.22. The number of rotatable bonds is 8. The zero-order valence-electron chi connectivity index (χ0n) is 22.3. The number of carbonyl (C=O) groups is 2. The first-order chi connectivity index (χ1) is 18.1. The maximum absolute atomic E-state index is 13.6. The minimum Gasteiger partial charge on any atom is -0.494 e. The predicted molar refractivity (Wildman–Crippen MR) is 145 cm³/mol. The Hall–Kier alpha value is -3.02. The van der Waals surface area contributed by atoms with E-state index in [-0.39, 0.29) is 36.0 Å². The molecule has 3 aliphatic rings. The van der Waals surface area contributed by atoms with Crippen LogP contribution >= 0.6 is 0 Å². The number of fused-ring (bicyclic) bond motifs is 4. The Bertz CT molecular complexity index is 1100. The van der Waals surface area contributed by atoms with Crippen LogP contribution in [0.15, 0.2) is 48.5 Å². The van der Waals surface area contributed by atoms with E-state index in [1.807, 2.05) is 36.1 Å². The summed E-state index contributed by atoms with van der Waals surface area (Å²) in [5.74, 6) is 0.980. The van der Waals surface area contributed by atoms with Gasteiger partial charge in [0.25, 0.3) is 0 Å². The number of nitrogens with one attached hydrogen (secondary N) is 1. The molecular weight excluding hydrogens is 462 g/mol. The molecule has 6 heteroatoms. The van der Waals surface area contributed by atoms with E-state index in [4.69, 9.17) is 4.74 Å². The van der Waals surface area contributed by atoms with E-state index in [1.54, 1.807) is 0 Å². The number of nitrogens with zero attached hydrogens (tertiary/aromatic N) is 2. The number of unbranched alkanes of at least 4 members (excludes halogenated alkanes) is 3. The third kappa shape index (κ3) is 5.48. The Balaban J connectivity index is 1.25. The fourth-order valence-corrected chi connectivity index (χ4v) is 6.44. The second-order valence-electron chi connectivity index (χ2n) is 10.9. The quantitative estimate of drug-likeness (QED) is 0.448. The molecule has 4 atom stereocenters. The molecule has 37 heavy (non-hydrogen) atoms. The van der Waals surface area contributed by atoms with Gasteiger partial charge in [-0.1, -0.05) is 62.6 Å². The lowest BCUT2D eigenvalue weighted by atomic mass is 9.76. The van der Waals surface area contributed by atoms with Crippen LogP contribution in [-0.4, -0.2) is 47.5 Å². The number of ether oxygens (including phenoxy) is 1. The van der Waals surface area contributed by atoms with E-state index in [0.29, 0.717) is 6.54 Å². The van der Waals surface area contributed by atoms with Crippen molar-refractivity contribution in [2.45, 2.75) is 83.3 Å². The van der Waals surface area contributed by atoms with Crippen LogP contribution in [0.5, 0.6) is 5.75 Å². The van der Waals surface area contributed by atoms with E-state index in [1.165, 1.54) is 30.4 Å². The number of amides is 3. The molecule has 3 aliphatic heterocycles. The number of benzene rings is 2. The number of hydrogen-bond donors (Lipinski definition) is 1. The van der Waals surface area contributed by atoms with Crippen LogP contribution in [-0.2, 0) is 11.2 Å². The van der Waals surface area contributed by atoms with Gasteiger partial charge in [-0.05, 0) is 67.9 Å². The van der Waals surface area contributed by atoms with Gasteiger partial charge in [-0.15, -0.1) is 0 Å². The normalized spacial score (nSPS) is 23.5. The maximum Gasteiger partial charge on any atom is 0.318 e. The Kier molecular flexibility index (Phi) is 8.02. The van der Waals surface area contributed by atoms with Crippen LogP contribution in [0.4, 0.5) is 4.79 Å². The fourth-order valence-electron chi connectivity index (χ4n) is 6.44. The highest BCUT2D eigenvalue weighted by atomic mass is 16.5. The van der Waals surface area contributed by atoms with E-state index < -0.39 is 0 Å². The lowest BCUT2D eigenvalue weighted by molar-refractivity contribution is -0.148. The van der Waals surface area contributed by atoms with Gasteiger partial charge >= 0.3 is 6.03 Å². The topological polar surface area (TPSA) is 61.9 Å². The van der Waals surface area contributed by atoms with Crippen molar-refractivity contribution in [3.05, 3.63) is 65.2 Å². The fraction of sp³-hybridized carbons (Fsp3) is 0.548. The third-order valence-electron chi connectivity index (χ3n) is 8.48. The minimum absolute atomic E-state index is 0.0568. The van der Waals surface area contributed by atoms with Gasteiger partial charge in [0.1, 0.15) is 5.75 Å². The van der Waals surface area contributed by atoms with E-state index in [2.05, 4.69) is 41.4 Å². The van der Waals surface area contributed by atoms with Crippen molar-refractivity contribution in [3.8, 4) is 5.75 Å². The molecule has 0 aromatic heterocycles. The van der Waals surface area contributed by atoms with Crippen LogP contribution in [0.1, 0.15) is 87.6 Å². The van der Waals surface area contributed by atoms with Gasteiger partial charge in [-0.2, -0.15) is 0 Å². The smallest absolute Gasteiger partial charge is 0.318 e. The second-order valence-corrected chi connectivity index (χ2v) is 10.9. The molecule has 1 N–H and O–H groups in total. The lowest BCUT2D eigenvalue weighted by Gasteiger charge is -2.51. The Morgan fingerprint density at radius 1 is 1.11 bits per heavy atom. The van der Waals surface area contributed by atoms with Crippen LogP contribution in [0.3, 0.4) is 0 Å². The third-order valence-corrected chi connectivity index (χ3v) is 8.48. The van der Waals surface area contributed by atoms with Crippen LogP contribution < -0.4 is 10.1 Å². The van der Waals surface area contributed by atoms with Crippen molar-refractivity contribution < 1.29 is 14.3 Å². The predicted octanol–water partition coefficient (Wildman–Crippen LogP) is 6.03. The first kappa shape index (κ1) is 25.6. The monoisotopic (exact) mass is 503 g/mol. The van der Waals surface area contributed by atoms with E-state index in [9.17, 15) is 9.59 Å². The van der Waals surface area contributed by atoms with Gasteiger partial charge in [-0.3, -0.25) is 4.79 Å². The first-order valence-corrected chi connectivity index (χ1v) is 14.2. The average molecular weight is 504 g/mol. The van der Waals surface area contributed by atoms with E-state index in [0.717, 1.165) is 56.6 Å². The van der Waals surface area contributed by atoms with Crippen molar-refractivity contribution in [1.29, 1.82) is 0 Å². The zero-order chi connectivity index (χ0) is 25.8. The number of piperidine rings is 2. The molecule has 2 aromatic rings. The van der Waals surface area contributed by atoms with Gasteiger partial charge in [0.15, 0.2) is 0 Å².